The molecule has 0 atom stereocenters. The van der Waals surface area contributed by atoms with Crippen LogP contribution in [-0.4, -0.2) is 12.0 Å². The van der Waals surface area contributed by atoms with Crippen LogP contribution >= 0.6 is 0 Å². The van der Waals surface area contributed by atoms with Crippen LogP contribution in [0.5, 0.6) is 0 Å². The number of pyridine rings is 1. The summed E-state index contributed by atoms with van der Waals surface area (Å²) in [5.41, 5.74) is 3.45. The molecule has 0 spiro atoms. The second-order valence-electron chi connectivity index (χ2n) is 3.08. The largest absolute Gasteiger partial charge is 0.388 e. The average molecular weight is 172 g/mol. The van der Waals surface area contributed by atoms with Crippen LogP contribution in [0.4, 0.5) is 5.69 Å². The second-order valence-corrected chi connectivity index (χ2v) is 3.08. The van der Waals surface area contributed by atoms with Gasteiger partial charge in [0.05, 0.1) is 5.52 Å². The van der Waals surface area contributed by atoms with Crippen molar-refractivity contribution in [3.05, 3.63) is 36.0 Å². The average Bonchev–Trinajstić information content (AvgIpc) is 2.17. The summed E-state index contributed by atoms with van der Waals surface area (Å²) in [6.45, 7) is 2.10. The Morgan fingerprint density at radius 3 is 2.85 bits per heavy atom. The van der Waals surface area contributed by atoms with Crippen molar-refractivity contribution in [2.45, 2.75) is 6.92 Å². The number of hydrogen-bond donors (Lipinski definition) is 1. The third-order valence-corrected chi connectivity index (χ3v) is 2.24. The third kappa shape index (κ3) is 1.24. The molecule has 2 heteroatoms. The second kappa shape index (κ2) is 3.05. The molecule has 0 saturated carbocycles. The molecule has 1 N–H and O–H groups in total. The van der Waals surface area contributed by atoms with E-state index in [1.54, 1.807) is 0 Å². The van der Waals surface area contributed by atoms with Crippen LogP contribution in [0, 0.1) is 6.92 Å². The molecular formula is C11H12N2. The zero-order valence-corrected chi connectivity index (χ0v) is 7.83. The summed E-state index contributed by atoms with van der Waals surface area (Å²) in [4.78, 5) is 4.31. The van der Waals surface area contributed by atoms with E-state index in [2.05, 4.69) is 23.3 Å². The van der Waals surface area contributed by atoms with E-state index in [1.807, 2.05) is 31.4 Å². The highest BCUT2D eigenvalue weighted by Gasteiger charge is 2.01. The number of rotatable bonds is 1. The van der Waals surface area contributed by atoms with Gasteiger partial charge in [-0.2, -0.15) is 0 Å². The van der Waals surface area contributed by atoms with Crippen molar-refractivity contribution in [1.29, 1.82) is 0 Å². The van der Waals surface area contributed by atoms with E-state index in [0.29, 0.717) is 0 Å². The zero-order chi connectivity index (χ0) is 9.26. The topological polar surface area (TPSA) is 24.9 Å². The van der Waals surface area contributed by atoms with Crippen molar-refractivity contribution in [2.75, 3.05) is 12.4 Å². The molecule has 13 heavy (non-hydrogen) atoms. The van der Waals surface area contributed by atoms with Gasteiger partial charge in [0.2, 0.25) is 0 Å². The van der Waals surface area contributed by atoms with E-state index in [0.717, 1.165) is 11.2 Å². The highest BCUT2D eigenvalue weighted by molar-refractivity contribution is 5.93. The number of hydrogen-bond acceptors (Lipinski definition) is 2. The predicted molar refractivity (Wildman–Crippen MR) is 56.0 cm³/mol. The van der Waals surface area contributed by atoms with Gasteiger partial charge in [-0.1, -0.05) is 6.07 Å². The highest BCUT2D eigenvalue weighted by Crippen LogP contribution is 2.24. The van der Waals surface area contributed by atoms with Crippen LogP contribution in [0.15, 0.2) is 30.5 Å². The third-order valence-electron chi connectivity index (χ3n) is 2.24. The van der Waals surface area contributed by atoms with E-state index in [-0.39, 0.29) is 0 Å². The van der Waals surface area contributed by atoms with Crippen LogP contribution < -0.4 is 5.32 Å². The van der Waals surface area contributed by atoms with Crippen LogP contribution in [-0.2, 0) is 0 Å². The maximum atomic E-state index is 4.31. The number of fused-ring (bicyclic) bond motifs is 1. The lowest BCUT2D eigenvalue weighted by Crippen LogP contribution is -1.91. The van der Waals surface area contributed by atoms with E-state index in [4.69, 9.17) is 0 Å². The minimum atomic E-state index is 1.05. The number of anilines is 1. The van der Waals surface area contributed by atoms with Crippen LogP contribution in [0.3, 0.4) is 0 Å². The maximum absolute atomic E-state index is 4.31. The van der Waals surface area contributed by atoms with Gasteiger partial charge in [-0.25, -0.2) is 0 Å². The van der Waals surface area contributed by atoms with Gasteiger partial charge < -0.3 is 5.32 Å². The number of benzene rings is 1. The summed E-state index contributed by atoms with van der Waals surface area (Å²) in [6, 6.07) is 8.14. The molecule has 66 valence electrons. The standard InChI is InChI=1S/C11H12N2/c1-8-6-7-13-10-5-3-4-9(12-2)11(8)10/h3-7,12H,1-2H3. The predicted octanol–water partition coefficient (Wildman–Crippen LogP) is 2.58. The van der Waals surface area contributed by atoms with E-state index >= 15 is 0 Å². The lowest BCUT2D eigenvalue weighted by atomic mass is 10.1. The summed E-state index contributed by atoms with van der Waals surface area (Å²) in [6.07, 6.45) is 1.84. The molecule has 2 aromatic rings. The first-order chi connectivity index (χ1) is 6.33. The Balaban J connectivity index is 2.87. The van der Waals surface area contributed by atoms with E-state index < -0.39 is 0 Å². The Bertz CT molecular complexity index is 430. The van der Waals surface area contributed by atoms with Crippen molar-refractivity contribution in [2.24, 2.45) is 0 Å². The minimum absolute atomic E-state index is 1.05. The first-order valence-corrected chi connectivity index (χ1v) is 4.35. The highest BCUT2D eigenvalue weighted by atomic mass is 14.8. The summed E-state index contributed by atoms with van der Waals surface area (Å²) < 4.78 is 0. The number of aryl methyl sites for hydroxylation is 1. The molecule has 0 bridgehead atoms. The van der Waals surface area contributed by atoms with Crippen molar-refractivity contribution in [1.82, 2.24) is 4.98 Å². The van der Waals surface area contributed by atoms with E-state index in [9.17, 15) is 0 Å². The summed E-state index contributed by atoms with van der Waals surface area (Å²) >= 11 is 0. The van der Waals surface area contributed by atoms with Gasteiger partial charge in [-0.15, -0.1) is 0 Å². The van der Waals surface area contributed by atoms with E-state index in [1.165, 1.54) is 10.9 Å². The molecule has 1 aromatic heterocycles. The molecule has 1 aromatic carbocycles. The quantitative estimate of drug-likeness (QED) is 0.715. The Kier molecular flexibility index (Phi) is 1.89. The van der Waals surface area contributed by atoms with Crippen molar-refractivity contribution >= 4 is 16.6 Å². The summed E-state index contributed by atoms with van der Waals surface area (Å²) in [5, 5.41) is 4.39. The molecule has 0 aliphatic rings. The zero-order valence-electron chi connectivity index (χ0n) is 7.83. The fourth-order valence-corrected chi connectivity index (χ4v) is 1.58. The van der Waals surface area contributed by atoms with Gasteiger partial charge in [-0.05, 0) is 30.7 Å². The van der Waals surface area contributed by atoms with Gasteiger partial charge in [0.1, 0.15) is 0 Å². The van der Waals surface area contributed by atoms with Gasteiger partial charge >= 0.3 is 0 Å². The molecule has 2 nitrogen and oxygen atoms in total. The number of nitrogens with one attached hydrogen (secondary N) is 1. The molecular weight excluding hydrogens is 160 g/mol. The molecule has 2 rings (SSSR count). The van der Waals surface area contributed by atoms with Gasteiger partial charge in [-0.3, -0.25) is 4.98 Å². The molecule has 0 aliphatic carbocycles. The number of nitrogens with zero attached hydrogens (tertiary/aromatic N) is 1. The van der Waals surface area contributed by atoms with Gasteiger partial charge in [0.25, 0.3) is 0 Å². The smallest absolute Gasteiger partial charge is 0.0725 e. The van der Waals surface area contributed by atoms with Crippen LogP contribution in [0.25, 0.3) is 10.9 Å². The first-order valence-electron chi connectivity index (χ1n) is 4.35. The fraction of sp³-hybridized carbons (Fsp3) is 0.182. The lowest BCUT2D eigenvalue weighted by molar-refractivity contribution is 1.36. The van der Waals surface area contributed by atoms with Gasteiger partial charge in [0.15, 0.2) is 0 Å². The molecule has 0 unspecified atom stereocenters. The monoisotopic (exact) mass is 172 g/mol. The normalized spacial score (nSPS) is 10.3. The van der Waals surface area contributed by atoms with Crippen LogP contribution in [0.1, 0.15) is 5.56 Å². The molecule has 1 heterocycles. The molecule has 0 aliphatic heterocycles. The first kappa shape index (κ1) is 8.05. The minimum Gasteiger partial charge on any atom is -0.388 e. The van der Waals surface area contributed by atoms with Gasteiger partial charge in [0, 0.05) is 24.3 Å². The molecule has 0 amide bonds. The van der Waals surface area contributed by atoms with Crippen molar-refractivity contribution in [3.63, 3.8) is 0 Å². The van der Waals surface area contributed by atoms with Crippen LogP contribution in [0.2, 0.25) is 0 Å². The fourth-order valence-electron chi connectivity index (χ4n) is 1.58. The summed E-state index contributed by atoms with van der Waals surface area (Å²) in [7, 11) is 1.93. The SMILES string of the molecule is CNc1cccc2nccc(C)c12. The molecule has 0 fully saturated rings. The Morgan fingerprint density at radius 2 is 2.08 bits per heavy atom. The summed E-state index contributed by atoms with van der Waals surface area (Å²) in [5.74, 6) is 0. The Labute approximate surface area is 77.6 Å². The number of aromatic nitrogens is 1. The lowest BCUT2D eigenvalue weighted by Gasteiger charge is -2.06. The molecule has 0 radical (unpaired) electrons. The Morgan fingerprint density at radius 1 is 1.23 bits per heavy atom. The maximum Gasteiger partial charge on any atom is 0.0725 e. The van der Waals surface area contributed by atoms with Crippen molar-refractivity contribution < 1.29 is 0 Å². The molecule has 0 saturated heterocycles. The van der Waals surface area contributed by atoms with Crippen molar-refractivity contribution in [3.8, 4) is 0 Å². The Hall–Kier alpha value is -1.57.